The van der Waals surface area contributed by atoms with Crippen LogP contribution in [0.4, 0.5) is 0 Å². The highest BCUT2D eigenvalue weighted by Gasteiger charge is 2.18. The van der Waals surface area contributed by atoms with Crippen molar-refractivity contribution in [1.29, 1.82) is 0 Å². The average Bonchev–Trinajstić information content (AvgIpc) is 3.52. The second-order valence-electron chi connectivity index (χ2n) is 10.5. The summed E-state index contributed by atoms with van der Waals surface area (Å²) in [5.74, 6) is 2.42. The highest BCUT2D eigenvalue weighted by Crippen LogP contribution is 2.38. The number of para-hydroxylation sites is 1. The quantitative estimate of drug-likeness (QED) is 0.143. The van der Waals surface area contributed by atoms with Gasteiger partial charge in [-0.15, -0.1) is 0 Å². The zero-order valence-corrected chi connectivity index (χ0v) is 26.7. The molecule has 0 aliphatic carbocycles. The molecule has 9 heteroatoms. The first-order valence-electron chi connectivity index (χ1n) is 14.7. The summed E-state index contributed by atoms with van der Waals surface area (Å²) in [5, 5.41) is 8.11. The Bertz CT molecular complexity index is 2320. The molecule has 0 saturated heterocycles. The minimum Gasteiger partial charge on any atom is -0.496 e. The number of hydrogen-bond acceptors (Lipinski definition) is 7. The molecule has 0 N–H and O–H groups in total. The van der Waals surface area contributed by atoms with E-state index < -0.39 is 0 Å². The van der Waals surface area contributed by atoms with Gasteiger partial charge in [0.05, 0.1) is 40.7 Å². The number of aromatic nitrogens is 2. The fraction of sp³-hybridized carbons (Fsp3) is 0.108. The maximum Gasteiger partial charge on any atom is 0.282 e. The van der Waals surface area contributed by atoms with Gasteiger partial charge in [0.25, 0.3) is 5.56 Å². The number of hydrogen-bond donors (Lipinski definition) is 0. The van der Waals surface area contributed by atoms with Crippen molar-refractivity contribution in [2.45, 2.75) is 13.5 Å². The zero-order valence-electron chi connectivity index (χ0n) is 25.1. The number of halogens is 1. The fourth-order valence-corrected chi connectivity index (χ4v) is 6.05. The third-order valence-electron chi connectivity index (χ3n) is 7.62. The standard InChI is InChI=1S/C37H28BrN3O5/c1-3-44-33-19-23(18-29(38)35(33)45-22-25-12-8-11-24-10-4-5-13-26(24)25)21-39-41-36(40-30-15-7-6-14-27(30)37(41)42)34-20-28-31(43-2)16-9-17-32(28)46-34/h4-21H,3,22H2,1-2H3. The van der Waals surface area contributed by atoms with E-state index in [2.05, 4.69) is 45.3 Å². The van der Waals surface area contributed by atoms with E-state index in [4.69, 9.17) is 23.6 Å². The molecule has 0 bridgehead atoms. The van der Waals surface area contributed by atoms with E-state index in [1.54, 1.807) is 31.5 Å². The molecule has 46 heavy (non-hydrogen) atoms. The summed E-state index contributed by atoms with van der Waals surface area (Å²) in [7, 11) is 1.60. The van der Waals surface area contributed by atoms with E-state index in [1.807, 2.05) is 67.6 Å². The smallest absolute Gasteiger partial charge is 0.282 e. The summed E-state index contributed by atoms with van der Waals surface area (Å²) in [4.78, 5) is 18.6. The Morgan fingerprint density at radius 3 is 2.50 bits per heavy atom. The van der Waals surface area contributed by atoms with Crippen LogP contribution in [0.25, 0.3) is 44.2 Å². The molecule has 0 fully saturated rings. The van der Waals surface area contributed by atoms with Gasteiger partial charge < -0.3 is 18.6 Å². The second-order valence-corrected chi connectivity index (χ2v) is 11.3. The molecular weight excluding hydrogens is 646 g/mol. The summed E-state index contributed by atoms with van der Waals surface area (Å²) in [6, 6.07) is 32.6. The van der Waals surface area contributed by atoms with Crippen LogP contribution in [0.5, 0.6) is 17.2 Å². The van der Waals surface area contributed by atoms with E-state index in [9.17, 15) is 4.79 Å². The Morgan fingerprint density at radius 2 is 1.65 bits per heavy atom. The molecule has 228 valence electrons. The van der Waals surface area contributed by atoms with Gasteiger partial charge in [0.1, 0.15) is 17.9 Å². The average molecular weight is 675 g/mol. The van der Waals surface area contributed by atoms with E-state index in [0.717, 1.165) is 21.7 Å². The maximum atomic E-state index is 13.8. The number of benzene rings is 5. The third kappa shape index (κ3) is 5.50. The molecule has 0 atom stereocenters. The van der Waals surface area contributed by atoms with Gasteiger partial charge in [-0.2, -0.15) is 9.78 Å². The van der Waals surface area contributed by atoms with Gasteiger partial charge in [-0.25, -0.2) is 4.98 Å². The van der Waals surface area contributed by atoms with Crippen LogP contribution in [0.1, 0.15) is 18.1 Å². The molecule has 2 heterocycles. The van der Waals surface area contributed by atoms with E-state index in [-0.39, 0.29) is 11.4 Å². The highest BCUT2D eigenvalue weighted by atomic mass is 79.9. The number of rotatable bonds is 9. The normalized spacial score (nSPS) is 11.5. The topological polar surface area (TPSA) is 88.1 Å². The number of nitrogens with zero attached hydrogens (tertiary/aromatic N) is 3. The fourth-order valence-electron chi connectivity index (χ4n) is 5.47. The Balaban J connectivity index is 1.27. The van der Waals surface area contributed by atoms with Gasteiger partial charge in [0.2, 0.25) is 5.82 Å². The Hall–Kier alpha value is -5.41. The summed E-state index contributed by atoms with van der Waals surface area (Å²) in [5.41, 5.74) is 2.57. The van der Waals surface area contributed by atoms with E-state index in [0.29, 0.717) is 62.7 Å². The van der Waals surface area contributed by atoms with Gasteiger partial charge in [-0.05, 0) is 87.2 Å². The molecule has 5 aromatic carbocycles. The van der Waals surface area contributed by atoms with Crippen LogP contribution in [-0.2, 0) is 6.61 Å². The van der Waals surface area contributed by atoms with Crippen molar-refractivity contribution in [3.05, 3.63) is 129 Å². The number of fused-ring (bicyclic) bond motifs is 3. The van der Waals surface area contributed by atoms with E-state index in [1.165, 1.54) is 4.68 Å². The lowest BCUT2D eigenvalue weighted by Gasteiger charge is -2.15. The maximum absolute atomic E-state index is 13.8. The zero-order chi connectivity index (χ0) is 31.6. The molecule has 0 aliphatic rings. The molecule has 0 aliphatic heterocycles. The van der Waals surface area contributed by atoms with Gasteiger partial charge in [0.15, 0.2) is 17.3 Å². The first-order chi connectivity index (χ1) is 22.5. The predicted molar refractivity (Wildman–Crippen MR) is 184 cm³/mol. The largest absolute Gasteiger partial charge is 0.496 e. The van der Waals surface area contributed by atoms with Crippen molar-refractivity contribution < 1.29 is 18.6 Å². The summed E-state index contributed by atoms with van der Waals surface area (Å²) in [6.07, 6.45) is 1.59. The molecule has 0 saturated carbocycles. The Kier molecular flexibility index (Phi) is 7.98. The van der Waals surface area contributed by atoms with Crippen molar-refractivity contribution in [2.75, 3.05) is 13.7 Å². The molecule has 8 nitrogen and oxygen atoms in total. The van der Waals surface area contributed by atoms with Gasteiger partial charge in [-0.1, -0.05) is 60.7 Å². The molecular formula is C37H28BrN3O5. The first kappa shape index (κ1) is 29.3. The summed E-state index contributed by atoms with van der Waals surface area (Å²) >= 11 is 3.67. The van der Waals surface area contributed by atoms with Crippen LogP contribution < -0.4 is 19.8 Å². The molecule has 0 unspecified atom stereocenters. The van der Waals surface area contributed by atoms with Crippen LogP contribution in [0.15, 0.2) is 122 Å². The summed E-state index contributed by atoms with van der Waals surface area (Å²) in [6.45, 7) is 2.71. The van der Waals surface area contributed by atoms with Crippen LogP contribution in [0.2, 0.25) is 0 Å². The lowest BCUT2D eigenvalue weighted by molar-refractivity contribution is 0.268. The van der Waals surface area contributed by atoms with Crippen LogP contribution >= 0.6 is 15.9 Å². The first-order valence-corrected chi connectivity index (χ1v) is 15.5. The SMILES string of the molecule is CCOc1cc(C=Nn2c(-c3cc4c(OC)cccc4o3)nc3ccccc3c2=O)cc(Br)c1OCc1cccc2ccccc12. The van der Waals surface area contributed by atoms with Gasteiger partial charge >= 0.3 is 0 Å². The Morgan fingerprint density at radius 1 is 0.870 bits per heavy atom. The Labute approximate surface area is 272 Å². The molecule has 7 rings (SSSR count). The minimum atomic E-state index is -0.330. The monoisotopic (exact) mass is 673 g/mol. The van der Waals surface area contributed by atoms with Crippen LogP contribution in [-0.4, -0.2) is 29.6 Å². The van der Waals surface area contributed by atoms with Crippen LogP contribution in [0.3, 0.4) is 0 Å². The van der Waals surface area contributed by atoms with Crippen LogP contribution in [0, 0.1) is 0 Å². The highest BCUT2D eigenvalue weighted by molar-refractivity contribution is 9.10. The molecule has 0 spiro atoms. The molecule has 2 aromatic heterocycles. The number of ether oxygens (including phenoxy) is 3. The minimum absolute atomic E-state index is 0.261. The summed E-state index contributed by atoms with van der Waals surface area (Å²) < 4.78 is 25.9. The number of methoxy groups -OCH3 is 1. The van der Waals surface area contributed by atoms with Crippen molar-refractivity contribution in [2.24, 2.45) is 5.10 Å². The van der Waals surface area contributed by atoms with E-state index >= 15 is 0 Å². The lowest BCUT2D eigenvalue weighted by Crippen LogP contribution is -2.20. The molecule has 0 amide bonds. The third-order valence-corrected chi connectivity index (χ3v) is 8.21. The lowest BCUT2D eigenvalue weighted by atomic mass is 10.1. The molecule has 0 radical (unpaired) electrons. The predicted octanol–water partition coefficient (Wildman–Crippen LogP) is 8.59. The second kappa shape index (κ2) is 12.5. The molecule has 7 aromatic rings. The van der Waals surface area contributed by atoms with Gasteiger partial charge in [0, 0.05) is 0 Å². The van der Waals surface area contributed by atoms with Crippen molar-refractivity contribution in [3.8, 4) is 28.8 Å². The van der Waals surface area contributed by atoms with Crippen molar-refractivity contribution in [3.63, 3.8) is 0 Å². The van der Waals surface area contributed by atoms with Gasteiger partial charge in [-0.3, -0.25) is 4.79 Å². The van der Waals surface area contributed by atoms with Crippen molar-refractivity contribution in [1.82, 2.24) is 9.66 Å². The van der Waals surface area contributed by atoms with Crippen molar-refractivity contribution >= 4 is 54.8 Å². The number of furan rings is 1.